The number of nitrogens with zero attached hydrogens (tertiary/aromatic N) is 1. The van der Waals surface area contributed by atoms with Crippen LogP contribution in [-0.2, 0) is 11.3 Å². The van der Waals surface area contributed by atoms with E-state index in [0.29, 0.717) is 12.6 Å². The number of aryl methyl sites for hydroxylation is 1. The number of benzene rings is 1. The van der Waals surface area contributed by atoms with Gasteiger partial charge >= 0.3 is 6.11 Å². The number of hydrogen-bond donors (Lipinski definition) is 2. The van der Waals surface area contributed by atoms with Crippen molar-refractivity contribution in [2.45, 2.75) is 39.8 Å². The van der Waals surface area contributed by atoms with Crippen molar-refractivity contribution in [3.05, 3.63) is 53.0 Å². The highest BCUT2D eigenvalue weighted by Gasteiger charge is 2.23. The number of amides is 2. The predicted octanol–water partition coefficient (Wildman–Crippen LogP) is 3.80. The van der Waals surface area contributed by atoms with Crippen molar-refractivity contribution in [1.29, 1.82) is 0 Å². The fourth-order valence-corrected chi connectivity index (χ4v) is 2.33. The van der Waals surface area contributed by atoms with Crippen molar-refractivity contribution >= 4 is 17.6 Å². The van der Waals surface area contributed by atoms with E-state index in [1.165, 1.54) is 12.1 Å². The standard InChI is InChI=1S/C19H20F3N3O3/c1-4-17(26)25-16-9-12(7-11(2)24-16)18(27)23-10-13-8-14(5-6-15(13)20)28-19(3,21)22/h5-9H,4,10H2,1-3H3,(H,23,27)(H,24,25,26). The molecule has 2 rings (SSSR count). The van der Waals surface area contributed by atoms with Gasteiger partial charge in [-0.2, -0.15) is 8.78 Å². The van der Waals surface area contributed by atoms with Gasteiger partial charge in [0.15, 0.2) is 0 Å². The number of carbonyl (C=O) groups is 2. The lowest BCUT2D eigenvalue weighted by Gasteiger charge is -2.14. The van der Waals surface area contributed by atoms with E-state index in [0.717, 1.165) is 18.2 Å². The summed E-state index contributed by atoms with van der Waals surface area (Å²) in [4.78, 5) is 28.0. The first kappa shape index (κ1) is 21.2. The molecule has 0 radical (unpaired) electrons. The Hall–Kier alpha value is -3.10. The Balaban J connectivity index is 2.12. The first-order chi connectivity index (χ1) is 13.1. The number of halogens is 3. The maximum absolute atomic E-state index is 13.9. The van der Waals surface area contributed by atoms with E-state index in [9.17, 15) is 22.8 Å². The molecule has 28 heavy (non-hydrogen) atoms. The molecule has 0 saturated carbocycles. The number of ether oxygens (including phenoxy) is 1. The highest BCUT2D eigenvalue weighted by molar-refractivity contribution is 5.96. The number of alkyl halides is 2. The number of anilines is 1. The van der Waals surface area contributed by atoms with Crippen molar-refractivity contribution in [1.82, 2.24) is 10.3 Å². The normalized spacial score (nSPS) is 11.1. The molecule has 0 fully saturated rings. The van der Waals surface area contributed by atoms with Crippen LogP contribution in [0.25, 0.3) is 0 Å². The lowest BCUT2D eigenvalue weighted by atomic mass is 10.1. The Labute approximate surface area is 160 Å². The van der Waals surface area contributed by atoms with Gasteiger partial charge in [0, 0.05) is 36.7 Å². The molecule has 150 valence electrons. The summed E-state index contributed by atoms with van der Waals surface area (Å²) >= 11 is 0. The zero-order valence-electron chi connectivity index (χ0n) is 15.6. The average Bonchev–Trinajstić information content (AvgIpc) is 2.60. The van der Waals surface area contributed by atoms with E-state index in [4.69, 9.17) is 0 Å². The van der Waals surface area contributed by atoms with E-state index in [2.05, 4.69) is 20.4 Å². The van der Waals surface area contributed by atoms with Gasteiger partial charge in [0.25, 0.3) is 5.91 Å². The van der Waals surface area contributed by atoms with Gasteiger partial charge in [-0.25, -0.2) is 9.37 Å². The van der Waals surface area contributed by atoms with E-state index in [1.54, 1.807) is 13.8 Å². The average molecular weight is 395 g/mol. The van der Waals surface area contributed by atoms with Gasteiger partial charge in [0.2, 0.25) is 5.91 Å². The summed E-state index contributed by atoms with van der Waals surface area (Å²) in [6.45, 7) is 3.66. The van der Waals surface area contributed by atoms with Crippen LogP contribution < -0.4 is 15.4 Å². The second-order valence-electron chi connectivity index (χ2n) is 6.13. The van der Waals surface area contributed by atoms with Gasteiger partial charge in [-0.1, -0.05) is 6.92 Å². The topological polar surface area (TPSA) is 80.3 Å². The third kappa shape index (κ3) is 6.26. The fourth-order valence-electron chi connectivity index (χ4n) is 2.33. The molecule has 9 heteroatoms. The summed E-state index contributed by atoms with van der Waals surface area (Å²) in [7, 11) is 0. The van der Waals surface area contributed by atoms with Crippen LogP contribution in [0.15, 0.2) is 30.3 Å². The highest BCUT2D eigenvalue weighted by atomic mass is 19.3. The number of nitrogens with one attached hydrogen (secondary N) is 2. The van der Waals surface area contributed by atoms with Crippen molar-refractivity contribution < 1.29 is 27.5 Å². The molecule has 0 atom stereocenters. The third-order valence-electron chi connectivity index (χ3n) is 3.56. The van der Waals surface area contributed by atoms with Crippen molar-refractivity contribution in [3.63, 3.8) is 0 Å². The monoisotopic (exact) mass is 395 g/mol. The molecule has 1 aromatic heterocycles. The molecule has 0 aliphatic rings. The van der Waals surface area contributed by atoms with Crippen LogP contribution in [0.5, 0.6) is 5.75 Å². The van der Waals surface area contributed by atoms with E-state index < -0.39 is 17.8 Å². The SMILES string of the molecule is CCC(=O)Nc1cc(C(=O)NCc2cc(OC(C)(F)F)ccc2F)cc(C)n1. The summed E-state index contributed by atoms with van der Waals surface area (Å²) in [5.74, 6) is -1.46. The summed E-state index contributed by atoms with van der Waals surface area (Å²) < 4.78 is 44.2. The zero-order chi connectivity index (χ0) is 20.9. The lowest BCUT2D eigenvalue weighted by molar-refractivity contribution is -0.159. The van der Waals surface area contributed by atoms with Crippen molar-refractivity contribution in [3.8, 4) is 5.75 Å². The second-order valence-corrected chi connectivity index (χ2v) is 6.13. The van der Waals surface area contributed by atoms with Gasteiger partial charge in [0.1, 0.15) is 17.4 Å². The van der Waals surface area contributed by atoms with Gasteiger partial charge in [0.05, 0.1) is 0 Å². The number of carbonyl (C=O) groups excluding carboxylic acids is 2. The third-order valence-corrected chi connectivity index (χ3v) is 3.56. The molecule has 1 heterocycles. The smallest absolute Gasteiger partial charge is 0.394 e. The lowest BCUT2D eigenvalue weighted by Crippen LogP contribution is -2.24. The summed E-state index contributed by atoms with van der Waals surface area (Å²) in [5.41, 5.74) is 0.706. The first-order valence-electron chi connectivity index (χ1n) is 8.49. The minimum Gasteiger partial charge on any atom is -0.433 e. The Bertz CT molecular complexity index is 882. The minimum atomic E-state index is -3.41. The Morgan fingerprint density at radius 3 is 2.57 bits per heavy atom. The summed E-state index contributed by atoms with van der Waals surface area (Å²) in [5, 5.41) is 5.07. The molecule has 2 N–H and O–H groups in total. The zero-order valence-corrected chi connectivity index (χ0v) is 15.6. The van der Waals surface area contributed by atoms with Crippen LogP contribution in [0.2, 0.25) is 0 Å². The van der Waals surface area contributed by atoms with Crippen LogP contribution in [0.4, 0.5) is 19.0 Å². The van der Waals surface area contributed by atoms with Crippen LogP contribution in [-0.4, -0.2) is 22.9 Å². The largest absolute Gasteiger partial charge is 0.433 e. The highest BCUT2D eigenvalue weighted by Crippen LogP contribution is 2.23. The Morgan fingerprint density at radius 2 is 1.93 bits per heavy atom. The van der Waals surface area contributed by atoms with Crippen LogP contribution >= 0.6 is 0 Å². The number of rotatable bonds is 7. The van der Waals surface area contributed by atoms with E-state index in [1.807, 2.05) is 0 Å². The molecule has 0 spiro atoms. The molecule has 0 aliphatic heterocycles. The van der Waals surface area contributed by atoms with E-state index in [-0.39, 0.29) is 41.6 Å². The summed E-state index contributed by atoms with van der Waals surface area (Å²) in [6, 6.07) is 6.05. The fraction of sp³-hybridized carbons (Fsp3) is 0.316. The summed E-state index contributed by atoms with van der Waals surface area (Å²) in [6.07, 6.45) is -3.15. The van der Waals surface area contributed by atoms with Crippen molar-refractivity contribution in [2.24, 2.45) is 0 Å². The molecule has 2 aromatic rings. The molecule has 0 aliphatic carbocycles. The first-order valence-corrected chi connectivity index (χ1v) is 8.49. The molecular weight excluding hydrogens is 375 g/mol. The molecule has 1 aromatic carbocycles. The minimum absolute atomic E-state index is 0.0135. The van der Waals surface area contributed by atoms with Gasteiger partial charge in [-0.05, 0) is 37.3 Å². The van der Waals surface area contributed by atoms with Crippen LogP contribution in [0.1, 0.15) is 41.9 Å². The molecule has 0 bridgehead atoms. The van der Waals surface area contributed by atoms with Crippen LogP contribution in [0.3, 0.4) is 0 Å². The van der Waals surface area contributed by atoms with Gasteiger partial charge in [-0.3, -0.25) is 9.59 Å². The molecular formula is C19H20F3N3O3. The number of aromatic nitrogens is 1. The Kier molecular flexibility index (Phi) is 6.61. The maximum Gasteiger partial charge on any atom is 0.394 e. The van der Waals surface area contributed by atoms with Crippen molar-refractivity contribution in [2.75, 3.05) is 5.32 Å². The van der Waals surface area contributed by atoms with Gasteiger partial charge < -0.3 is 15.4 Å². The maximum atomic E-state index is 13.9. The number of hydrogen-bond acceptors (Lipinski definition) is 4. The van der Waals surface area contributed by atoms with Crippen LogP contribution in [0, 0.1) is 12.7 Å². The quantitative estimate of drug-likeness (QED) is 0.747. The molecule has 0 saturated heterocycles. The second kappa shape index (κ2) is 8.73. The molecule has 2 amide bonds. The predicted molar refractivity (Wildman–Crippen MR) is 96.7 cm³/mol. The van der Waals surface area contributed by atoms with Gasteiger partial charge in [-0.15, -0.1) is 0 Å². The molecule has 6 nitrogen and oxygen atoms in total. The Morgan fingerprint density at radius 1 is 1.21 bits per heavy atom. The number of pyridine rings is 1. The molecule has 0 unspecified atom stereocenters. The van der Waals surface area contributed by atoms with E-state index >= 15 is 0 Å².